The zero-order valence-electron chi connectivity index (χ0n) is 12.8. The number of hydrogen-bond donors (Lipinski definition) is 3. The molecule has 1 saturated carbocycles. The fourth-order valence-electron chi connectivity index (χ4n) is 2.89. The standard InChI is InChI=1S/C15H31N3O/c1-12-7-6-8-13(12)11-17-10-5-4-9-15(2,3)14(16)18-19/h12-13,17,19H,4-11H2,1-3H3,(H2,16,18). The topological polar surface area (TPSA) is 70.6 Å². The van der Waals surface area contributed by atoms with Gasteiger partial charge in [-0.1, -0.05) is 45.2 Å². The maximum atomic E-state index is 8.71. The molecule has 1 rings (SSSR count). The molecule has 4 heteroatoms. The second-order valence-electron chi connectivity index (χ2n) is 6.70. The van der Waals surface area contributed by atoms with E-state index in [9.17, 15) is 0 Å². The quantitative estimate of drug-likeness (QED) is 0.209. The number of oxime groups is 1. The van der Waals surface area contributed by atoms with Gasteiger partial charge in [-0.2, -0.15) is 0 Å². The van der Waals surface area contributed by atoms with Gasteiger partial charge in [0.05, 0.1) is 0 Å². The number of unbranched alkanes of at least 4 members (excludes halogenated alkanes) is 1. The van der Waals surface area contributed by atoms with Gasteiger partial charge in [0.1, 0.15) is 5.84 Å². The summed E-state index contributed by atoms with van der Waals surface area (Å²) in [5, 5.41) is 15.4. The molecule has 0 saturated heterocycles. The molecule has 0 heterocycles. The predicted octanol–water partition coefficient (Wildman–Crippen LogP) is 2.96. The molecule has 19 heavy (non-hydrogen) atoms. The Morgan fingerprint density at radius 1 is 1.37 bits per heavy atom. The highest BCUT2D eigenvalue weighted by Gasteiger charge is 2.23. The Morgan fingerprint density at radius 3 is 2.68 bits per heavy atom. The first kappa shape index (κ1) is 16.3. The molecule has 0 radical (unpaired) electrons. The van der Waals surface area contributed by atoms with Crippen LogP contribution in [0.2, 0.25) is 0 Å². The van der Waals surface area contributed by atoms with Gasteiger partial charge in [-0.15, -0.1) is 0 Å². The molecule has 0 aromatic heterocycles. The summed E-state index contributed by atoms with van der Waals surface area (Å²) in [6.07, 6.45) is 7.43. The molecule has 1 aliphatic rings. The van der Waals surface area contributed by atoms with Crippen LogP contribution in [0.4, 0.5) is 0 Å². The number of hydrogen-bond acceptors (Lipinski definition) is 3. The predicted molar refractivity (Wildman–Crippen MR) is 80.4 cm³/mol. The van der Waals surface area contributed by atoms with E-state index in [2.05, 4.69) is 17.4 Å². The van der Waals surface area contributed by atoms with Crippen molar-refractivity contribution in [3.63, 3.8) is 0 Å². The lowest BCUT2D eigenvalue weighted by Crippen LogP contribution is -2.32. The van der Waals surface area contributed by atoms with E-state index in [1.54, 1.807) is 0 Å². The van der Waals surface area contributed by atoms with Gasteiger partial charge in [0.2, 0.25) is 0 Å². The molecular formula is C15H31N3O. The van der Waals surface area contributed by atoms with Gasteiger partial charge >= 0.3 is 0 Å². The van der Waals surface area contributed by atoms with Crippen molar-refractivity contribution in [1.29, 1.82) is 0 Å². The second kappa shape index (κ2) is 7.73. The highest BCUT2D eigenvalue weighted by molar-refractivity contribution is 5.85. The Morgan fingerprint density at radius 2 is 2.11 bits per heavy atom. The van der Waals surface area contributed by atoms with E-state index in [4.69, 9.17) is 10.9 Å². The van der Waals surface area contributed by atoms with Gasteiger partial charge in [-0.25, -0.2) is 0 Å². The number of amidine groups is 1. The van der Waals surface area contributed by atoms with Crippen molar-refractivity contribution in [2.75, 3.05) is 13.1 Å². The van der Waals surface area contributed by atoms with E-state index in [-0.39, 0.29) is 5.41 Å². The lowest BCUT2D eigenvalue weighted by atomic mass is 9.86. The summed E-state index contributed by atoms with van der Waals surface area (Å²) >= 11 is 0. The largest absolute Gasteiger partial charge is 0.409 e. The van der Waals surface area contributed by atoms with Gasteiger partial charge in [-0.3, -0.25) is 0 Å². The van der Waals surface area contributed by atoms with Crippen molar-refractivity contribution in [2.24, 2.45) is 28.1 Å². The van der Waals surface area contributed by atoms with E-state index < -0.39 is 0 Å². The SMILES string of the molecule is CC1CCCC1CNCCCCC(C)(C)C(N)=NO. The molecule has 0 amide bonds. The third-order valence-corrected chi connectivity index (χ3v) is 4.65. The van der Waals surface area contributed by atoms with E-state index >= 15 is 0 Å². The van der Waals surface area contributed by atoms with Crippen molar-refractivity contribution in [3.8, 4) is 0 Å². The van der Waals surface area contributed by atoms with Gasteiger partial charge < -0.3 is 16.3 Å². The van der Waals surface area contributed by atoms with Gasteiger partial charge in [0.15, 0.2) is 0 Å². The molecule has 4 nitrogen and oxygen atoms in total. The Labute approximate surface area is 117 Å². The number of nitrogens with zero attached hydrogens (tertiary/aromatic N) is 1. The fraction of sp³-hybridized carbons (Fsp3) is 0.933. The minimum Gasteiger partial charge on any atom is -0.409 e. The lowest BCUT2D eigenvalue weighted by Gasteiger charge is -2.22. The molecule has 0 aromatic carbocycles. The van der Waals surface area contributed by atoms with Crippen molar-refractivity contribution < 1.29 is 5.21 Å². The number of rotatable bonds is 8. The summed E-state index contributed by atoms with van der Waals surface area (Å²) < 4.78 is 0. The third kappa shape index (κ3) is 5.39. The molecule has 0 spiro atoms. The molecule has 2 unspecified atom stereocenters. The summed E-state index contributed by atoms with van der Waals surface area (Å²) in [7, 11) is 0. The van der Waals surface area contributed by atoms with Crippen LogP contribution in [-0.4, -0.2) is 24.1 Å². The van der Waals surface area contributed by atoms with Crippen LogP contribution in [-0.2, 0) is 0 Å². The number of nitrogens with two attached hydrogens (primary N) is 1. The van der Waals surface area contributed by atoms with Crippen molar-refractivity contribution in [1.82, 2.24) is 5.32 Å². The summed E-state index contributed by atoms with van der Waals surface area (Å²) in [6, 6.07) is 0. The van der Waals surface area contributed by atoms with Crippen LogP contribution in [0, 0.1) is 17.3 Å². The Balaban J connectivity index is 2.05. The first-order valence-corrected chi connectivity index (χ1v) is 7.66. The van der Waals surface area contributed by atoms with Crippen LogP contribution < -0.4 is 11.1 Å². The zero-order valence-corrected chi connectivity index (χ0v) is 12.8. The van der Waals surface area contributed by atoms with Gasteiger partial charge in [0.25, 0.3) is 0 Å². The molecule has 2 atom stereocenters. The highest BCUT2D eigenvalue weighted by Crippen LogP contribution is 2.30. The lowest BCUT2D eigenvalue weighted by molar-refractivity contribution is 0.304. The maximum Gasteiger partial charge on any atom is 0.144 e. The zero-order chi connectivity index (χ0) is 14.3. The molecule has 112 valence electrons. The van der Waals surface area contributed by atoms with Crippen LogP contribution >= 0.6 is 0 Å². The minimum absolute atomic E-state index is 0.200. The molecule has 0 bridgehead atoms. The Kier molecular flexibility index (Phi) is 6.63. The monoisotopic (exact) mass is 269 g/mol. The van der Waals surface area contributed by atoms with E-state index in [0.29, 0.717) is 5.84 Å². The van der Waals surface area contributed by atoms with Crippen molar-refractivity contribution in [2.45, 2.75) is 59.3 Å². The minimum atomic E-state index is -0.200. The van der Waals surface area contributed by atoms with Gasteiger partial charge in [0, 0.05) is 5.41 Å². The second-order valence-corrected chi connectivity index (χ2v) is 6.70. The van der Waals surface area contributed by atoms with Crippen LogP contribution in [0.1, 0.15) is 59.3 Å². The van der Waals surface area contributed by atoms with Crippen molar-refractivity contribution in [3.05, 3.63) is 0 Å². The van der Waals surface area contributed by atoms with E-state index in [0.717, 1.165) is 37.6 Å². The van der Waals surface area contributed by atoms with Crippen LogP contribution in [0.15, 0.2) is 5.16 Å². The Hall–Kier alpha value is -0.770. The summed E-state index contributed by atoms with van der Waals surface area (Å²) in [4.78, 5) is 0. The van der Waals surface area contributed by atoms with E-state index in [1.165, 1.54) is 25.8 Å². The van der Waals surface area contributed by atoms with Crippen LogP contribution in [0.25, 0.3) is 0 Å². The molecule has 1 aliphatic carbocycles. The fourth-order valence-corrected chi connectivity index (χ4v) is 2.89. The average molecular weight is 269 g/mol. The maximum absolute atomic E-state index is 8.71. The molecular weight excluding hydrogens is 238 g/mol. The molecule has 0 aliphatic heterocycles. The highest BCUT2D eigenvalue weighted by atomic mass is 16.4. The van der Waals surface area contributed by atoms with E-state index in [1.807, 2.05) is 13.8 Å². The molecule has 0 aromatic rings. The normalized spacial score (nSPS) is 24.9. The molecule has 1 fully saturated rings. The third-order valence-electron chi connectivity index (χ3n) is 4.65. The number of nitrogens with one attached hydrogen (secondary N) is 1. The van der Waals surface area contributed by atoms with Crippen LogP contribution in [0.3, 0.4) is 0 Å². The first-order valence-electron chi connectivity index (χ1n) is 7.66. The molecule has 4 N–H and O–H groups in total. The summed E-state index contributed by atoms with van der Waals surface area (Å²) in [5.41, 5.74) is 5.47. The van der Waals surface area contributed by atoms with Gasteiger partial charge in [-0.05, 0) is 44.2 Å². The average Bonchev–Trinajstić information content (AvgIpc) is 2.78. The first-order chi connectivity index (χ1) is 8.97. The smallest absolute Gasteiger partial charge is 0.144 e. The summed E-state index contributed by atoms with van der Waals surface area (Å²) in [5.74, 6) is 2.11. The van der Waals surface area contributed by atoms with Crippen LogP contribution in [0.5, 0.6) is 0 Å². The Bertz CT molecular complexity index is 289. The summed E-state index contributed by atoms with van der Waals surface area (Å²) in [6.45, 7) is 8.67. The van der Waals surface area contributed by atoms with Crippen molar-refractivity contribution >= 4 is 5.84 Å².